The van der Waals surface area contributed by atoms with Crippen LogP contribution in [-0.4, -0.2) is 36.7 Å². The number of carbonyl (C=O) groups is 1. The van der Waals surface area contributed by atoms with Gasteiger partial charge in [0.1, 0.15) is 5.76 Å². The van der Waals surface area contributed by atoms with Crippen LogP contribution in [0.25, 0.3) is 10.2 Å². The van der Waals surface area contributed by atoms with Gasteiger partial charge in [0, 0.05) is 18.7 Å². The van der Waals surface area contributed by atoms with Crippen LogP contribution in [-0.2, 0) is 16.6 Å². The van der Waals surface area contributed by atoms with Gasteiger partial charge in [0.25, 0.3) is 5.91 Å². The van der Waals surface area contributed by atoms with E-state index in [0.717, 1.165) is 28.6 Å². The largest absolute Gasteiger partial charge is 0.467 e. The molecule has 7 nitrogen and oxygen atoms in total. The summed E-state index contributed by atoms with van der Waals surface area (Å²) in [7, 11) is -3.60. The van der Waals surface area contributed by atoms with Gasteiger partial charge < -0.3 is 4.42 Å². The summed E-state index contributed by atoms with van der Waals surface area (Å²) < 4.78 is 34.5. The maximum Gasteiger partial charge on any atom is 0.260 e. The molecule has 0 bridgehead atoms. The molecule has 1 aliphatic heterocycles. The average molecular weight is 538 g/mol. The summed E-state index contributed by atoms with van der Waals surface area (Å²) in [5.74, 6) is 1.00. The summed E-state index contributed by atoms with van der Waals surface area (Å²) in [6.07, 6.45) is 3.48. The molecule has 1 saturated heterocycles. The van der Waals surface area contributed by atoms with Gasteiger partial charge in [-0.3, -0.25) is 9.69 Å². The molecule has 1 unspecified atom stereocenters. The van der Waals surface area contributed by atoms with E-state index in [1.807, 2.05) is 18.2 Å². The number of anilines is 1. The maximum atomic E-state index is 13.8. The van der Waals surface area contributed by atoms with Crippen molar-refractivity contribution in [1.82, 2.24) is 9.29 Å². The Kier molecular flexibility index (Phi) is 7.20. The summed E-state index contributed by atoms with van der Waals surface area (Å²) in [4.78, 5) is 20.4. The van der Waals surface area contributed by atoms with Crippen molar-refractivity contribution in [2.45, 2.75) is 51.0 Å². The third kappa shape index (κ3) is 5.21. The minimum Gasteiger partial charge on any atom is -0.467 e. The standard InChI is InChI=1S/C28H31N3O4S2/c1-19(2)24-9-4-10-25-26(24)29-28(36-25)31(18-22-8-6-16-35-22)27(32)21-11-13-23(14-12-21)37(33,34)30-15-5-7-20(3)17-30/h4,6,8-14,16,19-20H,5,7,15,17-18H2,1-3H3. The van der Waals surface area contributed by atoms with Gasteiger partial charge in [0.2, 0.25) is 10.0 Å². The third-order valence-electron chi connectivity index (χ3n) is 6.79. The first-order valence-electron chi connectivity index (χ1n) is 12.6. The Labute approximate surface area is 221 Å². The summed E-state index contributed by atoms with van der Waals surface area (Å²) in [5.41, 5.74) is 2.42. The molecular formula is C28H31N3O4S2. The van der Waals surface area contributed by atoms with Gasteiger partial charge in [0.05, 0.1) is 27.9 Å². The highest BCUT2D eigenvalue weighted by atomic mass is 32.2. The van der Waals surface area contributed by atoms with Crippen molar-refractivity contribution in [3.05, 3.63) is 77.7 Å². The number of furan rings is 1. The number of carbonyl (C=O) groups excluding carboxylic acids is 1. The summed E-state index contributed by atoms with van der Waals surface area (Å²) in [6.45, 7) is 7.59. The fraction of sp³-hybridized carbons (Fsp3) is 0.357. The van der Waals surface area contributed by atoms with Crippen molar-refractivity contribution in [2.75, 3.05) is 18.0 Å². The second-order valence-corrected chi connectivity index (χ2v) is 12.9. The van der Waals surface area contributed by atoms with Crippen LogP contribution < -0.4 is 4.90 Å². The Morgan fingerprint density at radius 3 is 2.62 bits per heavy atom. The van der Waals surface area contributed by atoms with Crippen LogP contribution in [0.3, 0.4) is 0 Å². The van der Waals surface area contributed by atoms with E-state index < -0.39 is 10.0 Å². The van der Waals surface area contributed by atoms with Gasteiger partial charge in [-0.25, -0.2) is 13.4 Å². The molecule has 9 heteroatoms. The number of piperidine rings is 1. The van der Waals surface area contributed by atoms with Crippen LogP contribution >= 0.6 is 11.3 Å². The molecule has 4 aromatic rings. The number of hydrogen-bond acceptors (Lipinski definition) is 6. The summed E-state index contributed by atoms with van der Waals surface area (Å²) >= 11 is 1.46. The van der Waals surface area contributed by atoms with Crippen LogP contribution in [0.1, 0.15) is 61.2 Å². The van der Waals surface area contributed by atoms with Crippen molar-refractivity contribution in [3.8, 4) is 0 Å². The minimum atomic E-state index is -3.60. The quantitative estimate of drug-likeness (QED) is 0.277. The summed E-state index contributed by atoms with van der Waals surface area (Å²) in [6, 6.07) is 15.9. The van der Waals surface area contributed by atoms with Crippen molar-refractivity contribution >= 4 is 42.6 Å². The maximum absolute atomic E-state index is 13.8. The zero-order valence-electron chi connectivity index (χ0n) is 21.3. The minimum absolute atomic E-state index is 0.206. The second-order valence-electron chi connectivity index (χ2n) is 9.95. The molecular weight excluding hydrogens is 506 g/mol. The number of benzene rings is 2. The SMILES string of the molecule is CC1CCCN(S(=O)(=O)c2ccc(C(=O)N(Cc3ccco3)c3nc4c(C(C)C)cccc4s3)cc2)C1. The number of thiazole rings is 1. The highest BCUT2D eigenvalue weighted by Crippen LogP contribution is 2.35. The molecule has 0 N–H and O–H groups in total. The monoisotopic (exact) mass is 537 g/mol. The van der Waals surface area contributed by atoms with Crippen LogP contribution in [0.2, 0.25) is 0 Å². The fourth-order valence-corrected chi connectivity index (χ4v) is 7.36. The van der Waals surface area contributed by atoms with Crippen LogP contribution in [0.5, 0.6) is 0 Å². The molecule has 1 fully saturated rings. The Morgan fingerprint density at radius 2 is 1.95 bits per heavy atom. The second kappa shape index (κ2) is 10.4. The van der Waals surface area contributed by atoms with E-state index in [-0.39, 0.29) is 17.3 Å². The van der Waals surface area contributed by atoms with E-state index in [1.165, 1.54) is 23.5 Å². The highest BCUT2D eigenvalue weighted by Gasteiger charge is 2.29. The fourth-order valence-electron chi connectivity index (χ4n) is 4.76. The van der Waals surface area contributed by atoms with Gasteiger partial charge >= 0.3 is 0 Å². The average Bonchev–Trinajstić information content (AvgIpc) is 3.56. The molecule has 2 aromatic heterocycles. The lowest BCUT2D eigenvalue weighted by Gasteiger charge is -2.30. The summed E-state index contributed by atoms with van der Waals surface area (Å²) in [5, 5.41) is 0.573. The van der Waals surface area contributed by atoms with Gasteiger partial charge in [-0.05, 0) is 72.7 Å². The molecule has 1 amide bonds. The van der Waals surface area contributed by atoms with Crippen LogP contribution in [0, 0.1) is 5.92 Å². The molecule has 0 aliphatic carbocycles. The molecule has 1 aliphatic rings. The topological polar surface area (TPSA) is 83.7 Å². The first-order valence-corrected chi connectivity index (χ1v) is 14.8. The zero-order valence-corrected chi connectivity index (χ0v) is 22.9. The van der Waals surface area contributed by atoms with Gasteiger partial charge in [-0.2, -0.15) is 4.31 Å². The van der Waals surface area contributed by atoms with Gasteiger partial charge in [-0.15, -0.1) is 0 Å². The van der Waals surface area contributed by atoms with E-state index in [4.69, 9.17) is 9.40 Å². The molecule has 194 valence electrons. The number of para-hydroxylation sites is 1. The molecule has 37 heavy (non-hydrogen) atoms. The Morgan fingerprint density at radius 1 is 1.16 bits per heavy atom. The van der Waals surface area contributed by atoms with Gasteiger partial charge in [0.15, 0.2) is 5.13 Å². The van der Waals surface area contributed by atoms with Crippen LogP contribution in [0.4, 0.5) is 5.13 Å². The number of sulfonamides is 1. The molecule has 0 radical (unpaired) electrons. The third-order valence-corrected chi connectivity index (χ3v) is 9.71. The van der Waals surface area contributed by atoms with Crippen molar-refractivity contribution in [3.63, 3.8) is 0 Å². The van der Waals surface area contributed by atoms with Crippen LogP contribution in [0.15, 0.2) is 70.2 Å². The van der Waals surface area contributed by atoms with E-state index in [2.05, 4.69) is 26.8 Å². The number of fused-ring (bicyclic) bond motifs is 1. The van der Waals surface area contributed by atoms with E-state index in [0.29, 0.717) is 41.4 Å². The normalized spacial score (nSPS) is 16.9. The molecule has 2 aromatic carbocycles. The zero-order chi connectivity index (χ0) is 26.2. The smallest absolute Gasteiger partial charge is 0.260 e. The molecule has 0 spiro atoms. The number of aromatic nitrogens is 1. The Balaban J connectivity index is 1.47. The number of amides is 1. The van der Waals surface area contributed by atoms with E-state index in [9.17, 15) is 13.2 Å². The predicted molar refractivity (Wildman–Crippen MR) is 147 cm³/mol. The van der Waals surface area contributed by atoms with E-state index in [1.54, 1.807) is 33.7 Å². The predicted octanol–water partition coefficient (Wildman–Crippen LogP) is 6.28. The first-order chi connectivity index (χ1) is 17.7. The lowest BCUT2D eigenvalue weighted by atomic mass is 10.0. The highest BCUT2D eigenvalue weighted by molar-refractivity contribution is 7.89. The molecule has 1 atom stereocenters. The van der Waals surface area contributed by atoms with Crippen molar-refractivity contribution in [2.24, 2.45) is 5.92 Å². The molecule has 5 rings (SSSR count). The van der Waals surface area contributed by atoms with E-state index >= 15 is 0 Å². The van der Waals surface area contributed by atoms with Crippen molar-refractivity contribution in [1.29, 1.82) is 0 Å². The molecule has 3 heterocycles. The lowest BCUT2D eigenvalue weighted by Crippen LogP contribution is -2.39. The number of hydrogen-bond donors (Lipinski definition) is 0. The van der Waals surface area contributed by atoms with Crippen molar-refractivity contribution < 1.29 is 17.6 Å². The number of nitrogens with zero attached hydrogens (tertiary/aromatic N) is 3. The Hall–Kier alpha value is -3.01. The van der Waals surface area contributed by atoms with Gasteiger partial charge in [-0.1, -0.05) is 44.2 Å². The molecule has 0 saturated carbocycles. The Bertz CT molecular complexity index is 1490. The number of rotatable bonds is 7. The lowest BCUT2D eigenvalue weighted by molar-refractivity contribution is 0.0983. The first kappa shape index (κ1) is 25.6.